The van der Waals surface area contributed by atoms with Crippen molar-refractivity contribution < 1.29 is 13.6 Å². The molecule has 0 aliphatic rings. The summed E-state index contributed by atoms with van der Waals surface area (Å²) in [6.07, 6.45) is 0.164. The van der Waals surface area contributed by atoms with E-state index in [0.29, 0.717) is 0 Å². The lowest BCUT2D eigenvalue weighted by molar-refractivity contribution is -0.121. The van der Waals surface area contributed by atoms with E-state index in [4.69, 9.17) is 5.73 Å². The van der Waals surface area contributed by atoms with Gasteiger partial charge in [0, 0.05) is 24.6 Å². The standard InChI is InChI=1S/C11H14F2N2O.ClH/c1-7(14)4-11(16)15-6-8-5-9(12)2-3-10(8)13;/h2-3,5,7H,4,6,14H2,1H3,(H,15,16);1H. The first kappa shape index (κ1) is 15.8. The number of halogens is 3. The highest BCUT2D eigenvalue weighted by atomic mass is 35.5. The van der Waals surface area contributed by atoms with Gasteiger partial charge in [-0.1, -0.05) is 0 Å². The van der Waals surface area contributed by atoms with E-state index in [0.717, 1.165) is 18.2 Å². The number of nitrogens with one attached hydrogen (secondary N) is 1. The first-order chi connectivity index (χ1) is 7.49. The van der Waals surface area contributed by atoms with Crippen LogP contribution in [0.15, 0.2) is 18.2 Å². The minimum absolute atomic E-state index is 0. The minimum Gasteiger partial charge on any atom is -0.352 e. The third-order valence-electron chi connectivity index (χ3n) is 1.99. The number of amides is 1. The van der Waals surface area contributed by atoms with Crippen LogP contribution >= 0.6 is 12.4 Å². The van der Waals surface area contributed by atoms with E-state index in [9.17, 15) is 13.6 Å². The molecule has 0 saturated heterocycles. The van der Waals surface area contributed by atoms with Crippen molar-refractivity contribution in [3.05, 3.63) is 35.4 Å². The monoisotopic (exact) mass is 264 g/mol. The second-order valence-electron chi connectivity index (χ2n) is 3.69. The number of hydrogen-bond donors (Lipinski definition) is 2. The summed E-state index contributed by atoms with van der Waals surface area (Å²) < 4.78 is 25.9. The molecular weight excluding hydrogens is 250 g/mol. The van der Waals surface area contributed by atoms with Crippen LogP contribution in [0.5, 0.6) is 0 Å². The highest BCUT2D eigenvalue weighted by Crippen LogP contribution is 2.09. The number of nitrogens with two attached hydrogens (primary N) is 1. The van der Waals surface area contributed by atoms with Crippen LogP contribution in [0.3, 0.4) is 0 Å². The van der Waals surface area contributed by atoms with E-state index >= 15 is 0 Å². The topological polar surface area (TPSA) is 55.1 Å². The molecule has 0 aromatic heterocycles. The Morgan fingerprint density at radius 1 is 1.47 bits per heavy atom. The summed E-state index contributed by atoms with van der Waals surface area (Å²) in [6.45, 7) is 1.66. The first-order valence-electron chi connectivity index (χ1n) is 4.95. The lowest BCUT2D eigenvalue weighted by atomic mass is 10.2. The molecule has 1 aromatic rings. The zero-order chi connectivity index (χ0) is 12.1. The average Bonchev–Trinajstić information content (AvgIpc) is 2.18. The first-order valence-corrected chi connectivity index (χ1v) is 4.95. The Kier molecular flexibility index (Phi) is 6.68. The smallest absolute Gasteiger partial charge is 0.221 e. The molecule has 1 aromatic carbocycles. The van der Waals surface area contributed by atoms with Crippen molar-refractivity contribution in [2.75, 3.05) is 0 Å². The summed E-state index contributed by atoms with van der Waals surface area (Å²) in [4.78, 5) is 11.2. The Labute approximate surface area is 105 Å². The summed E-state index contributed by atoms with van der Waals surface area (Å²) >= 11 is 0. The third-order valence-corrected chi connectivity index (χ3v) is 1.99. The molecule has 0 aliphatic carbocycles. The predicted molar refractivity (Wildman–Crippen MR) is 63.7 cm³/mol. The number of rotatable bonds is 4. The predicted octanol–water partition coefficient (Wildman–Crippen LogP) is 1.74. The Hall–Kier alpha value is -1.20. The van der Waals surface area contributed by atoms with Gasteiger partial charge in [0.05, 0.1) is 0 Å². The molecule has 0 fully saturated rings. The van der Waals surface area contributed by atoms with Crippen LogP contribution in [0.4, 0.5) is 8.78 Å². The molecule has 3 nitrogen and oxygen atoms in total. The van der Waals surface area contributed by atoms with Crippen molar-refractivity contribution in [3.63, 3.8) is 0 Å². The zero-order valence-corrected chi connectivity index (χ0v) is 10.2. The molecule has 0 saturated carbocycles. The van der Waals surface area contributed by atoms with Crippen LogP contribution in [-0.2, 0) is 11.3 Å². The molecule has 0 aliphatic heterocycles. The summed E-state index contributed by atoms with van der Waals surface area (Å²) in [5, 5.41) is 2.47. The average molecular weight is 265 g/mol. The largest absolute Gasteiger partial charge is 0.352 e. The van der Waals surface area contributed by atoms with Crippen molar-refractivity contribution in [2.45, 2.75) is 25.9 Å². The Morgan fingerprint density at radius 2 is 2.12 bits per heavy atom. The number of carbonyl (C=O) groups is 1. The van der Waals surface area contributed by atoms with E-state index < -0.39 is 11.6 Å². The second kappa shape index (κ2) is 7.19. The molecule has 1 rings (SSSR count). The highest BCUT2D eigenvalue weighted by Gasteiger charge is 2.07. The summed E-state index contributed by atoms with van der Waals surface area (Å²) in [7, 11) is 0. The van der Waals surface area contributed by atoms with E-state index in [1.807, 2.05) is 0 Å². The second-order valence-corrected chi connectivity index (χ2v) is 3.69. The van der Waals surface area contributed by atoms with Gasteiger partial charge in [0.15, 0.2) is 0 Å². The van der Waals surface area contributed by atoms with Gasteiger partial charge in [-0.05, 0) is 25.1 Å². The number of hydrogen-bond acceptors (Lipinski definition) is 2. The molecule has 17 heavy (non-hydrogen) atoms. The van der Waals surface area contributed by atoms with Gasteiger partial charge in [-0.15, -0.1) is 12.4 Å². The van der Waals surface area contributed by atoms with Gasteiger partial charge < -0.3 is 11.1 Å². The van der Waals surface area contributed by atoms with E-state index in [1.165, 1.54) is 0 Å². The molecule has 0 heterocycles. The molecule has 1 unspecified atom stereocenters. The molecule has 96 valence electrons. The third kappa shape index (κ3) is 5.60. The van der Waals surface area contributed by atoms with Gasteiger partial charge in [0.2, 0.25) is 5.91 Å². The van der Waals surface area contributed by atoms with Gasteiger partial charge in [0.25, 0.3) is 0 Å². The van der Waals surface area contributed by atoms with Crippen molar-refractivity contribution in [1.82, 2.24) is 5.32 Å². The Morgan fingerprint density at radius 3 is 2.71 bits per heavy atom. The van der Waals surface area contributed by atoms with Gasteiger partial charge >= 0.3 is 0 Å². The molecule has 6 heteroatoms. The molecule has 1 amide bonds. The van der Waals surface area contributed by atoms with Crippen molar-refractivity contribution in [2.24, 2.45) is 5.73 Å². The van der Waals surface area contributed by atoms with Crippen molar-refractivity contribution in [3.8, 4) is 0 Å². The molecule has 0 bridgehead atoms. The number of carbonyl (C=O) groups excluding carboxylic acids is 1. The normalized spacial score (nSPS) is 11.5. The molecule has 1 atom stereocenters. The quantitative estimate of drug-likeness (QED) is 0.870. The highest BCUT2D eigenvalue weighted by molar-refractivity contribution is 5.85. The van der Waals surface area contributed by atoms with Gasteiger partial charge in [-0.3, -0.25) is 4.79 Å². The van der Waals surface area contributed by atoms with Crippen LogP contribution in [0.1, 0.15) is 18.9 Å². The fourth-order valence-corrected chi connectivity index (χ4v) is 1.24. The van der Waals surface area contributed by atoms with Crippen LogP contribution in [-0.4, -0.2) is 11.9 Å². The maximum Gasteiger partial charge on any atom is 0.221 e. The van der Waals surface area contributed by atoms with Crippen LogP contribution in [0.25, 0.3) is 0 Å². The molecule has 0 spiro atoms. The molecule has 0 radical (unpaired) electrons. The summed E-state index contributed by atoms with van der Waals surface area (Å²) in [5.41, 5.74) is 5.54. The fraction of sp³-hybridized carbons (Fsp3) is 0.364. The van der Waals surface area contributed by atoms with Gasteiger partial charge in [0.1, 0.15) is 11.6 Å². The number of benzene rings is 1. The SMILES string of the molecule is CC(N)CC(=O)NCc1cc(F)ccc1F.Cl. The Bertz CT molecular complexity index is 386. The maximum atomic E-state index is 13.1. The Balaban J connectivity index is 0.00000256. The summed E-state index contributed by atoms with van der Waals surface area (Å²) in [6, 6.07) is 2.87. The molecule has 3 N–H and O–H groups in total. The van der Waals surface area contributed by atoms with Gasteiger partial charge in [-0.25, -0.2) is 8.78 Å². The van der Waals surface area contributed by atoms with Crippen LogP contribution in [0.2, 0.25) is 0 Å². The zero-order valence-electron chi connectivity index (χ0n) is 9.37. The van der Waals surface area contributed by atoms with E-state index in [2.05, 4.69) is 5.32 Å². The summed E-state index contributed by atoms with van der Waals surface area (Å²) in [5.74, 6) is -1.35. The van der Waals surface area contributed by atoms with Crippen LogP contribution < -0.4 is 11.1 Å². The van der Waals surface area contributed by atoms with Crippen LogP contribution in [0, 0.1) is 11.6 Å². The van der Waals surface area contributed by atoms with Gasteiger partial charge in [-0.2, -0.15) is 0 Å². The lowest BCUT2D eigenvalue weighted by Gasteiger charge is -2.08. The van der Waals surface area contributed by atoms with Crippen molar-refractivity contribution >= 4 is 18.3 Å². The van der Waals surface area contributed by atoms with E-state index in [-0.39, 0.29) is 42.9 Å². The molecular formula is C11H15ClF2N2O. The fourth-order valence-electron chi connectivity index (χ4n) is 1.24. The lowest BCUT2D eigenvalue weighted by Crippen LogP contribution is -2.29. The maximum absolute atomic E-state index is 13.1. The minimum atomic E-state index is -0.539. The van der Waals surface area contributed by atoms with Crippen molar-refractivity contribution in [1.29, 1.82) is 0 Å². The van der Waals surface area contributed by atoms with E-state index in [1.54, 1.807) is 6.92 Å².